The van der Waals surface area contributed by atoms with Gasteiger partial charge in [0.05, 0.1) is 0 Å². The summed E-state index contributed by atoms with van der Waals surface area (Å²) < 4.78 is 13.4. The van der Waals surface area contributed by atoms with Crippen LogP contribution in [-0.2, 0) is 6.42 Å². The van der Waals surface area contributed by atoms with E-state index >= 15 is 0 Å². The van der Waals surface area contributed by atoms with Crippen LogP contribution in [0.15, 0.2) is 35.7 Å². The Kier molecular flexibility index (Phi) is 5.00. The Hall–Kier alpha value is -1.19. The van der Waals surface area contributed by atoms with Gasteiger partial charge in [-0.05, 0) is 105 Å². The highest BCUT2D eigenvalue weighted by Crippen LogP contribution is 2.37. The molecule has 0 radical (unpaired) electrons. The van der Waals surface area contributed by atoms with Crippen molar-refractivity contribution >= 4 is 11.3 Å². The molecule has 2 heterocycles. The molecule has 3 heteroatoms. The van der Waals surface area contributed by atoms with Crippen molar-refractivity contribution in [2.75, 3.05) is 19.6 Å². The summed E-state index contributed by atoms with van der Waals surface area (Å²) in [6, 6.07) is 9.56. The first kappa shape index (κ1) is 16.3. The molecule has 0 spiro atoms. The van der Waals surface area contributed by atoms with Crippen LogP contribution in [0.2, 0.25) is 0 Å². The molecule has 2 aromatic rings. The first-order chi connectivity index (χ1) is 11.8. The highest BCUT2D eigenvalue weighted by atomic mass is 32.1. The fourth-order valence-corrected chi connectivity index (χ4v) is 5.48. The van der Waals surface area contributed by atoms with E-state index < -0.39 is 0 Å². The van der Waals surface area contributed by atoms with Gasteiger partial charge in [0, 0.05) is 4.88 Å². The van der Waals surface area contributed by atoms with Crippen LogP contribution in [0.1, 0.15) is 59.9 Å². The second-order valence-corrected chi connectivity index (χ2v) is 8.35. The lowest BCUT2D eigenvalue weighted by Crippen LogP contribution is -2.34. The summed E-state index contributed by atoms with van der Waals surface area (Å²) in [6.45, 7) is 3.53. The quantitative estimate of drug-likeness (QED) is 0.701. The van der Waals surface area contributed by atoms with E-state index in [-0.39, 0.29) is 5.82 Å². The molecule has 1 aromatic heterocycles. The van der Waals surface area contributed by atoms with E-state index in [1.165, 1.54) is 37.8 Å². The zero-order valence-electron chi connectivity index (χ0n) is 14.2. The van der Waals surface area contributed by atoms with E-state index in [0.717, 1.165) is 31.8 Å². The van der Waals surface area contributed by atoms with Crippen molar-refractivity contribution in [3.63, 3.8) is 0 Å². The smallest absolute Gasteiger partial charge is 0.123 e. The second kappa shape index (κ2) is 7.37. The Morgan fingerprint density at radius 2 is 2.00 bits per heavy atom. The number of likely N-dealkylation sites (tertiary alicyclic amines) is 1. The van der Waals surface area contributed by atoms with Crippen LogP contribution in [0.25, 0.3) is 0 Å². The molecule has 0 amide bonds. The number of hydrogen-bond acceptors (Lipinski definition) is 2. The third-order valence-corrected chi connectivity index (χ3v) is 6.87. The van der Waals surface area contributed by atoms with Crippen molar-refractivity contribution < 1.29 is 4.39 Å². The standard InChI is InChI=1S/C21H26FNS/c22-19-5-1-4-18(15-19)16-7-11-23(12-8-16)13-9-17-3-2-6-21-20(17)10-14-24-21/h1,4-5,10,14-17H,2-3,6-9,11-13H2. The average molecular weight is 344 g/mol. The molecular weight excluding hydrogens is 317 g/mol. The number of piperidine rings is 1. The summed E-state index contributed by atoms with van der Waals surface area (Å²) in [4.78, 5) is 4.26. The summed E-state index contributed by atoms with van der Waals surface area (Å²) >= 11 is 1.95. The summed E-state index contributed by atoms with van der Waals surface area (Å²) in [5.74, 6) is 1.22. The number of fused-ring (bicyclic) bond motifs is 1. The van der Waals surface area contributed by atoms with E-state index in [1.807, 2.05) is 17.4 Å². The van der Waals surface area contributed by atoms with Crippen molar-refractivity contribution in [1.29, 1.82) is 0 Å². The number of halogens is 1. The molecule has 1 nitrogen and oxygen atoms in total. The third kappa shape index (κ3) is 3.57. The van der Waals surface area contributed by atoms with Gasteiger partial charge in [-0.3, -0.25) is 0 Å². The van der Waals surface area contributed by atoms with Gasteiger partial charge in [0.25, 0.3) is 0 Å². The number of aryl methyl sites for hydroxylation is 1. The molecule has 4 rings (SSSR count). The van der Waals surface area contributed by atoms with Gasteiger partial charge in [-0.2, -0.15) is 0 Å². The Balaban J connectivity index is 1.28. The molecule has 1 fully saturated rings. The van der Waals surface area contributed by atoms with Gasteiger partial charge in [0.1, 0.15) is 5.82 Å². The second-order valence-electron chi connectivity index (χ2n) is 7.35. The van der Waals surface area contributed by atoms with E-state index in [0.29, 0.717) is 5.92 Å². The first-order valence-corrected chi connectivity index (χ1v) is 10.2. The molecule has 1 saturated heterocycles. The number of thiophene rings is 1. The van der Waals surface area contributed by atoms with E-state index in [2.05, 4.69) is 22.4 Å². The van der Waals surface area contributed by atoms with E-state index in [9.17, 15) is 4.39 Å². The van der Waals surface area contributed by atoms with E-state index in [1.54, 1.807) is 22.6 Å². The molecule has 0 saturated carbocycles. The monoisotopic (exact) mass is 343 g/mol. The maximum atomic E-state index is 13.4. The van der Waals surface area contributed by atoms with Crippen LogP contribution < -0.4 is 0 Å². The van der Waals surface area contributed by atoms with Crippen LogP contribution >= 0.6 is 11.3 Å². The highest BCUT2D eigenvalue weighted by molar-refractivity contribution is 7.10. The minimum atomic E-state index is -0.0983. The predicted molar refractivity (Wildman–Crippen MR) is 99.4 cm³/mol. The van der Waals surface area contributed by atoms with Gasteiger partial charge >= 0.3 is 0 Å². The summed E-state index contributed by atoms with van der Waals surface area (Å²) in [5.41, 5.74) is 2.82. The maximum Gasteiger partial charge on any atom is 0.123 e. The van der Waals surface area contributed by atoms with Crippen LogP contribution in [0.4, 0.5) is 4.39 Å². The first-order valence-electron chi connectivity index (χ1n) is 9.33. The van der Waals surface area contributed by atoms with Crippen LogP contribution in [0.5, 0.6) is 0 Å². The Morgan fingerprint density at radius 1 is 1.12 bits per heavy atom. The zero-order valence-corrected chi connectivity index (χ0v) is 15.0. The normalized spacial score (nSPS) is 22.5. The average Bonchev–Trinajstić information content (AvgIpc) is 3.10. The number of nitrogens with zero attached hydrogens (tertiary/aromatic N) is 1. The molecule has 128 valence electrons. The van der Waals surface area contributed by atoms with Crippen molar-refractivity contribution in [3.05, 3.63) is 57.5 Å². The lowest BCUT2D eigenvalue weighted by Gasteiger charge is -2.33. The van der Waals surface area contributed by atoms with Gasteiger partial charge in [-0.1, -0.05) is 12.1 Å². The summed E-state index contributed by atoms with van der Waals surface area (Å²) in [7, 11) is 0. The molecule has 1 aliphatic heterocycles. The SMILES string of the molecule is Fc1cccc(C2CCN(CCC3CCCc4sccc43)CC2)c1. The molecule has 2 aliphatic rings. The van der Waals surface area contributed by atoms with Crippen molar-refractivity contribution in [3.8, 4) is 0 Å². The molecule has 1 unspecified atom stereocenters. The summed E-state index contributed by atoms with van der Waals surface area (Å²) in [6.07, 6.45) is 7.65. The van der Waals surface area contributed by atoms with Crippen LogP contribution in [-0.4, -0.2) is 24.5 Å². The lowest BCUT2D eigenvalue weighted by atomic mass is 9.85. The van der Waals surface area contributed by atoms with Crippen LogP contribution in [0, 0.1) is 5.82 Å². The topological polar surface area (TPSA) is 3.24 Å². The molecular formula is C21H26FNS. The third-order valence-electron chi connectivity index (χ3n) is 5.88. The minimum absolute atomic E-state index is 0.0983. The maximum absolute atomic E-state index is 13.4. The van der Waals surface area contributed by atoms with Gasteiger partial charge in [-0.15, -0.1) is 11.3 Å². The molecule has 1 aliphatic carbocycles. The van der Waals surface area contributed by atoms with Gasteiger partial charge < -0.3 is 4.90 Å². The molecule has 24 heavy (non-hydrogen) atoms. The Morgan fingerprint density at radius 3 is 2.83 bits per heavy atom. The van der Waals surface area contributed by atoms with Crippen molar-refractivity contribution in [2.45, 2.75) is 50.4 Å². The molecule has 1 atom stereocenters. The van der Waals surface area contributed by atoms with Gasteiger partial charge in [0.2, 0.25) is 0 Å². The van der Waals surface area contributed by atoms with Crippen molar-refractivity contribution in [2.24, 2.45) is 0 Å². The molecule has 0 bridgehead atoms. The van der Waals surface area contributed by atoms with Crippen LogP contribution in [0.3, 0.4) is 0 Å². The van der Waals surface area contributed by atoms with E-state index in [4.69, 9.17) is 0 Å². The largest absolute Gasteiger partial charge is 0.303 e. The predicted octanol–water partition coefficient (Wildman–Crippen LogP) is 5.58. The van der Waals surface area contributed by atoms with Gasteiger partial charge in [-0.25, -0.2) is 4.39 Å². The lowest BCUT2D eigenvalue weighted by molar-refractivity contribution is 0.203. The van der Waals surface area contributed by atoms with Gasteiger partial charge in [0.15, 0.2) is 0 Å². The number of rotatable bonds is 4. The Bertz CT molecular complexity index is 672. The zero-order chi connectivity index (χ0) is 16.4. The number of hydrogen-bond donors (Lipinski definition) is 0. The minimum Gasteiger partial charge on any atom is -0.303 e. The number of benzene rings is 1. The van der Waals surface area contributed by atoms with Crippen molar-refractivity contribution in [1.82, 2.24) is 4.90 Å². The highest BCUT2D eigenvalue weighted by Gasteiger charge is 2.24. The fraction of sp³-hybridized carbons (Fsp3) is 0.524. The molecule has 0 N–H and O–H groups in total. The Labute approximate surface area is 148 Å². The summed E-state index contributed by atoms with van der Waals surface area (Å²) in [5, 5.41) is 2.27. The molecule has 1 aromatic carbocycles. The fourth-order valence-electron chi connectivity index (χ4n) is 4.47.